The average Bonchev–Trinajstić information content (AvgIpc) is 2.34. The highest BCUT2D eigenvalue weighted by Gasteiger charge is 2.55. The molecule has 0 fully saturated rings. The summed E-state index contributed by atoms with van der Waals surface area (Å²) < 4.78 is 17.4. The van der Waals surface area contributed by atoms with Crippen LogP contribution in [0.5, 0.6) is 0 Å². The number of unbranched alkanes of at least 4 members (excludes halogenated alkanes) is 1. The zero-order valence-electron chi connectivity index (χ0n) is 11.8. The molecule has 0 aliphatic rings. The lowest BCUT2D eigenvalue weighted by molar-refractivity contribution is 0.0666. The molecule has 0 aliphatic carbocycles. The molecule has 0 saturated heterocycles. The average molecular weight is 248 g/mol. The van der Waals surface area contributed by atoms with E-state index in [9.17, 15) is 0 Å². The molecule has 3 nitrogen and oxygen atoms in total. The molecule has 0 aliphatic heterocycles. The molecule has 0 heterocycles. The van der Waals surface area contributed by atoms with Gasteiger partial charge < -0.3 is 13.3 Å². The largest absolute Gasteiger partial charge is 0.506 e. The van der Waals surface area contributed by atoms with E-state index >= 15 is 0 Å². The monoisotopic (exact) mass is 248 g/mol. The zero-order chi connectivity index (χ0) is 12.7. The summed E-state index contributed by atoms with van der Waals surface area (Å²) in [4.78, 5) is 0. The molecular weight excluding hydrogens is 220 g/mol. The van der Waals surface area contributed by atoms with E-state index in [1.54, 1.807) is 14.2 Å². The van der Waals surface area contributed by atoms with Crippen molar-refractivity contribution < 1.29 is 13.3 Å². The second-order valence-corrected chi connectivity index (χ2v) is 7.86. The van der Waals surface area contributed by atoms with Crippen molar-refractivity contribution in [3.63, 3.8) is 0 Å². The molecule has 0 aromatic carbocycles. The van der Waals surface area contributed by atoms with Gasteiger partial charge in [-0.1, -0.05) is 34.1 Å². The molecule has 4 heteroatoms. The van der Waals surface area contributed by atoms with Gasteiger partial charge >= 0.3 is 8.80 Å². The maximum absolute atomic E-state index is 6.01. The van der Waals surface area contributed by atoms with Crippen LogP contribution < -0.4 is 0 Å². The third-order valence-electron chi connectivity index (χ3n) is 3.63. The lowest BCUT2D eigenvalue weighted by Gasteiger charge is -2.41. The van der Waals surface area contributed by atoms with Crippen molar-refractivity contribution in [2.24, 2.45) is 0 Å². The second-order valence-electron chi connectivity index (χ2n) is 4.43. The van der Waals surface area contributed by atoms with Crippen LogP contribution in [0.3, 0.4) is 0 Å². The number of hydrogen-bond donors (Lipinski definition) is 0. The fraction of sp³-hybridized carbons (Fsp3) is 1.00. The molecule has 0 aromatic heterocycles. The SMILES string of the molecule is CCCCO[Si](OC)(OC)C(C)(CC)CC. The summed E-state index contributed by atoms with van der Waals surface area (Å²) in [6.45, 7) is 9.45. The summed E-state index contributed by atoms with van der Waals surface area (Å²) in [6, 6.07) is 0. The van der Waals surface area contributed by atoms with Crippen molar-refractivity contribution in [3.8, 4) is 0 Å². The molecule has 0 unspecified atom stereocenters. The van der Waals surface area contributed by atoms with Crippen LogP contribution in [0.25, 0.3) is 0 Å². The van der Waals surface area contributed by atoms with E-state index in [0.717, 1.165) is 32.3 Å². The van der Waals surface area contributed by atoms with E-state index in [2.05, 4.69) is 27.7 Å². The predicted octanol–water partition coefficient (Wildman–Crippen LogP) is 3.62. The Morgan fingerprint density at radius 1 is 1.00 bits per heavy atom. The Morgan fingerprint density at radius 2 is 1.50 bits per heavy atom. The van der Waals surface area contributed by atoms with Crippen LogP contribution in [0.15, 0.2) is 0 Å². The van der Waals surface area contributed by atoms with Gasteiger partial charge in [-0.15, -0.1) is 0 Å². The van der Waals surface area contributed by atoms with Gasteiger partial charge in [0.2, 0.25) is 0 Å². The van der Waals surface area contributed by atoms with Gasteiger partial charge in [-0.05, 0) is 19.3 Å². The maximum atomic E-state index is 6.01. The predicted molar refractivity (Wildman–Crippen MR) is 69.6 cm³/mol. The third-order valence-corrected chi connectivity index (χ3v) is 7.47. The Hall–Kier alpha value is 0.0969. The molecule has 98 valence electrons. The number of hydrogen-bond acceptors (Lipinski definition) is 3. The van der Waals surface area contributed by atoms with Gasteiger partial charge in [0.05, 0.1) is 0 Å². The van der Waals surface area contributed by atoms with Crippen LogP contribution in [-0.2, 0) is 13.3 Å². The van der Waals surface area contributed by atoms with E-state index in [-0.39, 0.29) is 5.04 Å². The standard InChI is InChI=1S/C12H28O3Si/c1-7-10-11-15-16(13-5,14-6)12(4,8-2)9-3/h7-11H2,1-6H3. The quantitative estimate of drug-likeness (QED) is 0.461. The van der Waals surface area contributed by atoms with Gasteiger partial charge in [0.25, 0.3) is 0 Å². The van der Waals surface area contributed by atoms with Crippen molar-refractivity contribution in [2.75, 3.05) is 20.8 Å². The van der Waals surface area contributed by atoms with Crippen LogP contribution in [-0.4, -0.2) is 29.6 Å². The molecule has 0 N–H and O–H groups in total. The van der Waals surface area contributed by atoms with Crippen LogP contribution in [0.2, 0.25) is 5.04 Å². The van der Waals surface area contributed by atoms with Gasteiger partial charge in [0.15, 0.2) is 0 Å². The van der Waals surface area contributed by atoms with Crippen LogP contribution in [0.4, 0.5) is 0 Å². The molecule has 0 radical (unpaired) electrons. The van der Waals surface area contributed by atoms with Crippen molar-refractivity contribution >= 4 is 8.80 Å². The fourth-order valence-electron chi connectivity index (χ4n) is 1.90. The Kier molecular flexibility index (Phi) is 7.47. The highest BCUT2D eigenvalue weighted by atomic mass is 28.4. The van der Waals surface area contributed by atoms with Crippen molar-refractivity contribution in [2.45, 2.75) is 58.4 Å². The molecular formula is C12H28O3Si. The van der Waals surface area contributed by atoms with Crippen LogP contribution in [0, 0.1) is 0 Å². The molecule has 16 heavy (non-hydrogen) atoms. The van der Waals surface area contributed by atoms with Gasteiger partial charge in [0, 0.05) is 25.9 Å². The Morgan fingerprint density at radius 3 is 1.81 bits per heavy atom. The van der Waals surface area contributed by atoms with E-state index in [4.69, 9.17) is 13.3 Å². The first-order chi connectivity index (χ1) is 7.55. The summed E-state index contributed by atoms with van der Waals surface area (Å²) in [5.41, 5.74) is 0. The van der Waals surface area contributed by atoms with Crippen LogP contribution >= 0.6 is 0 Å². The summed E-state index contributed by atoms with van der Waals surface area (Å²) in [5.74, 6) is 0. The first-order valence-corrected chi connectivity index (χ1v) is 8.02. The Labute approximate surface area is 102 Å². The summed E-state index contributed by atoms with van der Waals surface area (Å²) in [5, 5.41) is 0.0181. The van der Waals surface area contributed by atoms with Gasteiger partial charge in [-0.25, -0.2) is 0 Å². The fourth-order valence-corrected chi connectivity index (χ4v) is 4.92. The normalized spacial score (nSPS) is 13.1. The van der Waals surface area contributed by atoms with E-state index in [0.29, 0.717) is 0 Å². The molecule has 0 atom stereocenters. The Bertz CT molecular complexity index is 177. The summed E-state index contributed by atoms with van der Waals surface area (Å²) in [6.07, 6.45) is 4.23. The second kappa shape index (κ2) is 7.43. The molecule has 0 amide bonds. The molecule has 0 bridgehead atoms. The van der Waals surface area contributed by atoms with Gasteiger partial charge in [-0.3, -0.25) is 0 Å². The molecule has 0 spiro atoms. The third kappa shape index (κ3) is 3.29. The minimum atomic E-state index is -2.53. The maximum Gasteiger partial charge on any atom is 0.506 e. The van der Waals surface area contributed by atoms with Crippen molar-refractivity contribution in [1.82, 2.24) is 0 Å². The van der Waals surface area contributed by atoms with E-state index in [1.807, 2.05) is 0 Å². The van der Waals surface area contributed by atoms with E-state index in [1.165, 1.54) is 0 Å². The summed E-state index contributed by atoms with van der Waals surface area (Å²) >= 11 is 0. The summed E-state index contributed by atoms with van der Waals surface area (Å²) in [7, 11) is 0.893. The van der Waals surface area contributed by atoms with E-state index < -0.39 is 8.80 Å². The number of rotatable bonds is 9. The topological polar surface area (TPSA) is 27.7 Å². The smallest absolute Gasteiger partial charge is 0.377 e. The highest BCUT2D eigenvalue weighted by molar-refractivity contribution is 6.64. The molecule has 0 rings (SSSR count). The van der Waals surface area contributed by atoms with Gasteiger partial charge in [0.1, 0.15) is 0 Å². The van der Waals surface area contributed by atoms with Crippen molar-refractivity contribution in [3.05, 3.63) is 0 Å². The lowest BCUT2D eigenvalue weighted by Crippen LogP contribution is -2.54. The minimum Gasteiger partial charge on any atom is -0.377 e. The van der Waals surface area contributed by atoms with Crippen LogP contribution in [0.1, 0.15) is 53.4 Å². The first kappa shape index (κ1) is 16.1. The van der Waals surface area contributed by atoms with Crippen molar-refractivity contribution in [1.29, 1.82) is 0 Å². The first-order valence-electron chi connectivity index (χ1n) is 6.30. The highest BCUT2D eigenvalue weighted by Crippen LogP contribution is 2.45. The lowest BCUT2D eigenvalue weighted by atomic mass is 10.1. The zero-order valence-corrected chi connectivity index (χ0v) is 12.8. The molecule has 0 aromatic rings. The van der Waals surface area contributed by atoms with Gasteiger partial charge in [-0.2, -0.15) is 0 Å². The molecule has 0 saturated carbocycles. The Balaban J connectivity index is 4.77. The minimum absolute atomic E-state index is 0.0181.